The first-order valence-corrected chi connectivity index (χ1v) is 10.7. The molecular weight excluding hydrogens is 340 g/mol. The second-order valence-corrected chi connectivity index (χ2v) is 7.65. The van der Waals surface area contributed by atoms with Crippen LogP contribution in [0.5, 0.6) is 0 Å². The number of carbonyl (C=O) groups excluding carboxylic acids is 1. The van der Waals surface area contributed by atoms with Crippen LogP contribution in [0.1, 0.15) is 45.6 Å². The maximum atomic E-state index is 12.3. The van der Waals surface area contributed by atoms with Crippen molar-refractivity contribution < 1.29 is 4.79 Å². The third-order valence-corrected chi connectivity index (χ3v) is 5.60. The summed E-state index contributed by atoms with van der Waals surface area (Å²) in [6.07, 6.45) is 7.67. The number of hydrogen-bond donors (Lipinski definition) is 1. The Morgan fingerprint density at radius 1 is 1.15 bits per heavy atom. The minimum Gasteiger partial charge on any atom is -0.353 e. The molecule has 140 valence electrons. The lowest BCUT2D eigenvalue weighted by Crippen LogP contribution is -2.38. The third kappa shape index (κ3) is 5.87. The zero-order chi connectivity index (χ0) is 18.9. The molecule has 1 amide bonds. The fourth-order valence-electron chi connectivity index (χ4n) is 3.25. The van der Waals surface area contributed by atoms with Crippen LogP contribution in [0.25, 0.3) is 11.3 Å². The van der Waals surface area contributed by atoms with Crippen molar-refractivity contribution in [1.82, 2.24) is 10.3 Å². The van der Waals surface area contributed by atoms with Gasteiger partial charge in [-0.3, -0.25) is 9.78 Å². The molecular formula is C22H30N2OS. The number of nitrogens with one attached hydrogen (secondary N) is 1. The van der Waals surface area contributed by atoms with Crippen molar-refractivity contribution >= 4 is 17.7 Å². The van der Waals surface area contributed by atoms with E-state index in [1.807, 2.05) is 18.3 Å². The van der Waals surface area contributed by atoms with Crippen LogP contribution < -0.4 is 5.32 Å². The average Bonchev–Trinajstić information content (AvgIpc) is 2.66. The predicted octanol–water partition coefficient (Wildman–Crippen LogP) is 5.34. The first-order valence-electron chi connectivity index (χ1n) is 9.46. The molecule has 26 heavy (non-hydrogen) atoms. The van der Waals surface area contributed by atoms with Gasteiger partial charge in [-0.15, -0.1) is 11.8 Å². The molecule has 0 aliphatic rings. The standard InChI is InChI=1S/C22H30N2OS/c1-5-7-18(6-2)16(3)24-22(25)14-17-8-13-21(23-15-17)19-9-11-20(26-4)12-10-19/h8-13,15-16,18H,5-7,14H2,1-4H3,(H,24,25). The van der Waals surface area contributed by atoms with Gasteiger partial charge in [0.2, 0.25) is 5.91 Å². The van der Waals surface area contributed by atoms with Crippen molar-refractivity contribution in [3.63, 3.8) is 0 Å². The van der Waals surface area contributed by atoms with E-state index >= 15 is 0 Å². The molecule has 2 rings (SSSR count). The van der Waals surface area contributed by atoms with Crippen LogP contribution in [0.3, 0.4) is 0 Å². The van der Waals surface area contributed by atoms with Gasteiger partial charge in [0, 0.05) is 22.7 Å². The van der Waals surface area contributed by atoms with Gasteiger partial charge in [-0.25, -0.2) is 0 Å². The Balaban J connectivity index is 1.94. The van der Waals surface area contributed by atoms with Gasteiger partial charge in [0.1, 0.15) is 0 Å². The molecule has 2 unspecified atom stereocenters. The quantitative estimate of drug-likeness (QED) is 0.606. The van der Waals surface area contributed by atoms with E-state index in [0.29, 0.717) is 12.3 Å². The van der Waals surface area contributed by atoms with Gasteiger partial charge >= 0.3 is 0 Å². The number of nitrogens with zero attached hydrogens (tertiary/aromatic N) is 1. The minimum absolute atomic E-state index is 0.0749. The van der Waals surface area contributed by atoms with Crippen LogP contribution in [0.15, 0.2) is 47.5 Å². The second-order valence-electron chi connectivity index (χ2n) is 6.77. The second kappa shape index (κ2) is 10.4. The van der Waals surface area contributed by atoms with Crippen molar-refractivity contribution in [3.05, 3.63) is 48.2 Å². The number of pyridine rings is 1. The fourth-order valence-corrected chi connectivity index (χ4v) is 3.66. The van der Waals surface area contributed by atoms with E-state index in [9.17, 15) is 4.79 Å². The first-order chi connectivity index (χ1) is 12.6. The molecule has 4 heteroatoms. The Bertz CT molecular complexity index is 682. The Kier molecular flexibility index (Phi) is 8.17. The number of thioether (sulfide) groups is 1. The summed E-state index contributed by atoms with van der Waals surface area (Å²) in [7, 11) is 0. The molecule has 0 aliphatic heterocycles. The summed E-state index contributed by atoms with van der Waals surface area (Å²) in [5, 5.41) is 3.15. The lowest BCUT2D eigenvalue weighted by Gasteiger charge is -2.23. The SMILES string of the molecule is CCCC(CC)C(C)NC(=O)Cc1ccc(-c2ccc(SC)cc2)nc1. The monoisotopic (exact) mass is 370 g/mol. The number of amides is 1. The van der Waals surface area contributed by atoms with Crippen LogP contribution in [0, 0.1) is 5.92 Å². The van der Waals surface area contributed by atoms with E-state index in [-0.39, 0.29) is 11.9 Å². The van der Waals surface area contributed by atoms with Crippen LogP contribution >= 0.6 is 11.8 Å². The number of aromatic nitrogens is 1. The summed E-state index contributed by atoms with van der Waals surface area (Å²) in [5.41, 5.74) is 2.98. The van der Waals surface area contributed by atoms with Crippen LogP contribution in [-0.2, 0) is 11.2 Å². The highest BCUT2D eigenvalue weighted by molar-refractivity contribution is 7.98. The molecule has 0 fully saturated rings. The normalized spacial score (nSPS) is 13.2. The molecule has 0 radical (unpaired) electrons. The summed E-state index contributed by atoms with van der Waals surface area (Å²) in [6.45, 7) is 6.50. The minimum atomic E-state index is 0.0749. The molecule has 3 nitrogen and oxygen atoms in total. The van der Waals surface area contributed by atoms with Crippen LogP contribution in [-0.4, -0.2) is 23.2 Å². The lowest BCUT2D eigenvalue weighted by molar-refractivity contribution is -0.121. The van der Waals surface area contributed by atoms with Gasteiger partial charge in [0.15, 0.2) is 0 Å². The maximum Gasteiger partial charge on any atom is 0.224 e. The molecule has 0 saturated carbocycles. The lowest BCUT2D eigenvalue weighted by atomic mass is 9.93. The van der Waals surface area contributed by atoms with E-state index in [1.54, 1.807) is 11.8 Å². The summed E-state index contributed by atoms with van der Waals surface area (Å²) in [6, 6.07) is 12.6. The summed E-state index contributed by atoms with van der Waals surface area (Å²) in [5.74, 6) is 0.625. The van der Waals surface area contributed by atoms with E-state index in [1.165, 1.54) is 4.90 Å². The van der Waals surface area contributed by atoms with Crippen LogP contribution in [0.2, 0.25) is 0 Å². The Morgan fingerprint density at radius 2 is 1.88 bits per heavy atom. The molecule has 2 aromatic rings. The highest BCUT2D eigenvalue weighted by Gasteiger charge is 2.17. The van der Waals surface area contributed by atoms with Crippen LogP contribution in [0.4, 0.5) is 0 Å². The highest BCUT2D eigenvalue weighted by atomic mass is 32.2. The molecule has 1 heterocycles. The first kappa shape index (κ1) is 20.5. The topological polar surface area (TPSA) is 42.0 Å². The Labute approximate surface area is 162 Å². The highest BCUT2D eigenvalue weighted by Crippen LogP contribution is 2.22. The van der Waals surface area contributed by atoms with Crippen molar-refractivity contribution in [2.45, 2.75) is 57.4 Å². The average molecular weight is 371 g/mol. The van der Waals surface area contributed by atoms with E-state index in [4.69, 9.17) is 0 Å². The number of carbonyl (C=O) groups is 1. The fraction of sp³-hybridized carbons (Fsp3) is 0.455. The molecule has 0 aliphatic carbocycles. The molecule has 0 saturated heterocycles. The molecule has 0 spiro atoms. The van der Waals surface area contributed by atoms with Crippen molar-refractivity contribution in [3.8, 4) is 11.3 Å². The van der Waals surface area contributed by atoms with Crippen molar-refractivity contribution in [2.24, 2.45) is 5.92 Å². The Morgan fingerprint density at radius 3 is 2.42 bits per heavy atom. The zero-order valence-electron chi connectivity index (χ0n) is 16.3. The zero-order valence-corrected chi connectivity index (χ0v) is 17.1. The summed E-state index contributed by atoms with van der Waals surface area (Å²) < 4.78 is 0. The van der Waals surface area contributed by atoms with Crippen molar-refractivity contribution in [1.29, 1.82) is 0 Å². The maximum absolute atomic E-state index is 12.3. The van der Waals surface area contributed by atoms with E-state index in [2.05, 4.69) is 61.6 Å². The number of benzene rings is 1. The molecule has 2 atom stereocenters. The van der Waals surface area contributed by atoms with Gasteiger partial charge in [-0.2, -0.15) is 0 Å². The third-order valence-electron chi connectivity index (χ3n) is 4.85. The van der Waals surface area contributed by atoms with Crippen molar-refractivity contribution in [2.75, 3.05) is 6.26 Å². The molecule has 1 aromatic heterocycles. The van der Waals surface area contributed by atoms with Gasteiger partial charge < -0.3 is 5.32 Å². The van der Waals surface area contributed by atoms with Gasteiger partial charge in [-0.05, 0) is 49.3 Å². The molecule has 0 bridgehead atoms. The molecule has 1 aromatic carbocycles. The van der Waals surface area contributed by atoms with E-state index < -0.39 is 0 Å². The predicted molar refractivity (Wildman–Crippen MR) is 111 cm³/mol. The van der Waals surface area contributed by atoms with Gasteiger partial charge in [-0.1, -0.05) is 44.9 Å². The summed E-state index contributed by atoms with van der Waals surface area (Å²) in [4.78, 5) is 18.1. The Hall–Kier alpha value is -1.81. The molecule has 1 N–H and O–H groups in total. The van der Waals surface area contributed by atoms with Gasteiger partial charge in [0.05, 0.1) is 12.1 Å². The van der Waals surface area contributed by atoms with E-state index in [0.717, 1.165) is 36.1 Å². The summed E-state index contributed by atoms with van der Waals surface area (Å²) >= 11 is 1.73. The smallest absolute Gasteiger partial charge is 0.224 e. The van der Waals surface area contributed by atoms with Gasteiger partial charge in [0.25, 0.3) is 0 Å². The largest absolute Gasteiger partial charge is 0.353 e. The number of hydrogen-bond acceptors (Lipinski definition) is 3. The number of rotatable bonds is 9.